The standard InChI is InChI=1S/C11H12N2S/c1-12-8-9-4-2-3-5-10(9)11-6-7-13-14-11/h2-7,12H,8H2,1H3. The van der Waals surface area contributed by atoms with Gasteiger partial charge in [0.2, 0.25) is 0 Å². The van der Waals surface area contributed by atoms with Gasteiger partial charge >= 0.3 is 0 Å². The van der Waals surface area contributed by atoms with Crippen LogP contribution in [0.25, 0.3) is 10.4 Å². The molecule has 2 nitrogen and oxygen atoms in total. The van der Waals surface area contributed by atoms with Crippen LogP contribution in [0.3, 0.4) is 0 Å². The lowest BCUT2D eigenvalue weighted by Crippen LogP contribution is -2.05. The lowest BCUT2D eigenvalue weighted by molar-refractivity contribution is 0.820. The van der Waals surface area contributed by atoms with Gasteiger partial charge in [-0.1, -0.05) is 24.3 Å². The van der Waals surface area contributed by atoms with Crippen LogP contribution >= 0.6 is 11.5 Å². The molecule has 0 aliphatic carbocycles. The van der Waals surface area contributed by atoms with Gasteiger partial charge in [0.15, 0.2) is 0 Å². The second-order valence-corrected chi connectivity index (χ2v) is 3.90. The number of hydrogen-bond donors (Lipinski definition) is 1. The Labute approximate surface area is 87.8 Å². The fourth-order valence-electron chi connectivity index (χ4n) is 1.46. The second-order valence-electron chi connectivity index (χ2n) is 3.06. The first kappa shape index (κ1) is 9.37. The van der Waals surface area contributed by atoms with E-state index in [1.54, 1.807) is 0 Å². The largest absolute Gasteiger partial charge is 0.316 e. The molecule has 0 fully saturated rings. The SMILES string of the molecule is CNCc1ccccc1-c1ccns1. The minimum atomic E-state index is 0.897. The molecule has 0 saturated heterocycles. The smallest absolute Gasteiger partial charge is 0.0553 e. The topological polar surface area (TPSA) is 24.9 Å². The van der Waals surface area contributed by atoms with E-state index in [0.29, 0.717) is 0 Å². The highest BCUT2D eigenvalue weighted by Gasteiger charge is 2.04. The monoisotopic (exact) mass is 204 g/mol. The van der Waals surface area contributed by atoms with Crippen molar-refractivity contribution in [1.82, 2.24) is 9.69 Å². The van der Waals surface area contributed by atoms with Crippen molar-refractivity contribution < 1.29 is 0 Å². The summed E-state index contributed by atoms with van der Waals surface area (Å²) >= 11 is 1.54. The molecule has 0 saturated carbocycles. The summed E-state index contributed by atoms with van der Waals surface area (Å²) in [7, 11) is 1.96. The Balaban J connectivity index is 2.42. The van der Waals surface area contributed by atoms with E-state index < -0.39 is 0 Å². The third-order valence-corrected chi connectivity index (χ3v) is 2.87. The molecule has 1 aromatic carbocycles. The van der Waals surface area contributed by atoms with Crippen molar-refractivity contribution in [3.63, 3.8) is 0 Å². The quantitative estimate of drug-likeness (QED) is 0.831. The molecule has 0 bridgehead atoms. The third kappa shape index (κ3) is 1.84. The van der Waals surface area contributed by atoms with Gasteiger partial charge in [-0.05, 0) is 35.8 Å². The lowest BCUT2D eigenvalue weighted by Gasteiger charge is -2.05. The summed E-state index contributed by atoms with van der Waals surface area (Å²) in [5.74, 6) is 0. The van der Waals surface area contributed by atoms with Gasteiger partial charge in [0.05, 0.1) is 4.88 Å². The number of benzene rings is 1. The van der Waals surface area contributed by atoms with Gasteiger partial charge in [-0.25, -0.2) is 4.37 Å². The number of hydrogen-bond acceptors (Lipinski definition) is 3. The van der Waals surface area contributed by atoms with Crippen molar-refractivity contribution in [2.24, 2.45) is 0 Å². The van der Waals surface area contributed by atoms with E-state index in [-0.39, 0.29) is 0 Å². The summed E-state index contributed by atoms with van der Waals surface area (Å²) in [6, 6.07) is 10.5. The molecule has 1 heterocycles. The van der Waals surface area contributed by atoms with Gasteiger partial charge in [0.1, 0.15) is 0 Å². The maximum atomic E-state index is 4.12. The highest BCUT2D eigenvalue weighted by atomic mass is 32.1. The van der Waals surface area contributed by atoms with E-state index in [4.69, 9.17) is 0 Å². The van der Waals surface area contributed by atoms with Crippen LogP contribution < -0.4 is 5.32 Å². The molecular formula is C11H12N2S. The van der Waals surface area contributed by atoms with Crippen LogP contribution in [0, 0.1) is 0 Å². The second kappa shape index (κ2) is 4.35. The van der Waals surface area contributed by atoms with Crippen molar-refractivity contribution in [3.05, 3.63) is 42.1 Å². The van der Waals surface area contributed by atoms with Gasteiger partial charge < -0.3 is 5.32 Å². The number of nitrogens with zero attached hydrogens (tertiary/aromatic N) is 1. The molecule has 0 radical (unpaired) electrons. The molecule has 0 amide bonds. The van der Waals surface area contributed by atoms with E-state index in [2.05, 4.69) is 40.0 Å². The van der Waals surface area contributed by atoms with Crippen LogP contribution in [0.2, 0.25) is 0 Å². The molecule has 0 atom stereocenters. The van der Waals surface area contributed by atoms with Crippen LogP contribution in [0.15, 0.2) is 36.5 Å². The van der Waals surface area contributed by atoms with Crippen LogP contribution in [-0.2, 0) is 6.54 Å². The fourth-order valence-corrected chi connectivity index (χ4v) is 2.11. The molecule has 1 N–H and O–H groups in total. The van der Waals surface area contributed by atoms with Crippen molar-refractivity contribution in [1.29, 1.82) is 0 Å². The Morgan fingerprint density at radius 1 is 1.29 bits per heavy atom. The lowest BCUT2D eigenvalue weighted by atomic mass is 10.1. The van der Waals surface area contributed by atoms with E-state index in [0.717, 1.165) is 6.54 Å². The zero-order valence-electron chi connectivity index (χ0n) is 8.03. The predicted octanol–water partition coefficient (Wildman–Crippen LogP) is 2.53. The molecule has 14 heavy (non-hydrogen) atoms. The van der Waals surface area contributed by atoms with Gasteiger partial charge in [0.25, 0.3) is 0 Å². The molecule has 0 aliphatic rings. The van der Waals surface area contributed by atoms with Crippen LogP contribution in [-0.4, -0.2) is 11.4 Å². The molecule has 0 spiro atoms. The van der Waals surface area contributed by atoms with Crippen LogP contribution in [0.5, 0.6) is 0 Å². The van der Waals surface area contributed by atoms with E-state index in [1.165, 1.54) is 27.5 Å². The summed E-state index contributed by atoms with van der Waals surface area (Å²) < 4.78 is 4.12. The highest BCUT2D eigenvalue weighted by molar-refractivity contribution is 7.09. The van der Waals surface area contributed by atoms with Gasteiger partial charge in [-0.15, -0.1) is 0 Å². The average molecular weight is 204 g/mol. The third-order valence-electron chi connectivity index (χ3n) is 2.09. The Hall–Kier alpha value is -1.19. The zero-order chi connectivity index (χ0) is 9.80. The summed E-state index contributed by atoms with van der Waals surface area (Å²) in [4.78, 5) is 1.23. The first-order valence-electron chi connectivity index (χ1n) is 4.55. The number of nitrogens with one attached hydrogen (secondary N) is 1. The molecule has 3 heteroatoms. The Bertz CT molecular complexity index is 395. The highest BCUT2D eigenvalue weighted by Crippen LogP contribution is 2.26. The van der Waals surface area contributed by atoms with E-state index >= 15 is 0 Å². The molecular weight excluding hydrogens is 192 g/mol. The average Bonchev–Trinajstić information content (AvgIpc) is 2.72. The first-order valence-corrected chi connectivity index (χ1v) is 5.32. The maximum absolute atomic E-state index is 4.12. The van der Waals surface area contributed by atoms with Crippen molar-refractivity contribution in [2.45, 2.75) is 6.54 Å². The Morgan fingerprint density at radius 2 is 2.14 bits per heavy atom. The normalized spacial score (nSPS) is 10.4. The maximum Gasteiger partial charge on any atom is 0.0553 e. The van der Waals surface area contributed by atoms with Crippen molar-refractivity contribution in [3.8, 4) is 10.4 Å². The molecule has 2 rings (SSSR count). The summed E-state index contributed by atoms with van der Waals surface area (Å²) in [6.07, 6.45) is 1.84. The van der Waals surface area contributed by atoms with Crippen molar-refractivity contribution in [2.75, 3.05) is 7.05 Å². The molecule has 2 aromatic rings. The summed E-state index contributed by atoms with van der Waals surface area (Å²) in [5, 5.41) is 3.17. The van der Waals surface area contributed by atoms with Gasteiger partial charge in [-0.3, -0.25) is 0 Å². The molecule has 0 unspecified atom stereocenters. The number of rotatable bonds is 3. The van der Waals surface area contributed by atoms with Crippen LogP contribution in [0.1, 0.15) is 5.56 Å². The van der Waals surface area contributed by atoms with Gasteiger partial charge in [0, 0.05) is 12.7 Å². The van der Waals surface area contributed by atoms with E-state index in [1.807, 2.05) is 13.2 Å². The molecule has 1 aromatic heterocycles. The number of aromatic nitrogens is 1. The van der Waals surface area contributed by atoms with Crippen LogP contribution in [0.4, 0.5) is 0 Å². The summed E-state index contributed by atoms with van der Waals surface area (Å²) in [6.45, 7) is 0.897. The first-order chi connectivity index (χ1) is 6.92. The Kier molecular flexibility index (Phi) is 2.91. The predicted molar refractivity (Wildman–Crippen MR) is 60.3 cm³/mol. The van der Waals surface area contributed by atoms with E-state index in [9.17, 15) is 0 Å². The molecule has 0 aliphatic heterocycles. The Morgan fingerprint density at radius 3 is 2.86 bits per heavy atom. The summed E-state index contributed by atoms with van der Waals surface area (Å²) in [5.41, 5.74) is 2.60. The van der Waals surface area contributed by atoms with Gasteiger partial charge in [-0.2, -0.15) is 0 Å². The zero-order valence-corrected chi connectivity index (χ0v) is 8.84. The molecule has 72 valence electrons. The minimum Gasteiger partial charge on any atom is -0.316 e. The fraction of sp³-hybridized carbons (Fsp3) is 0.182. The van der Waals surface area contributed by atoms with Crippen molar-refractivity contribution >= 4 is 11.5 Å². The minimum absolute atomic E-state index is 0.897.